The quantitative estimate of drug-likeness (QED) is 0.217. The number of rotatable bonds is 7. The zero-order valence-electron chi connectivity index (χ0n) is 18.9. The molecule has 0 fully saturated rings. The van der Waals surface area contributed by atoms with Crippen LogP contribution in [0, 0.1) is 0 Å². The molecule has 0 saturated carbocycles. The summed E-state index contributed by atoms with van der Waals surface area (Å²) in [6, 6.07) is 29.4. The van der Waals surface area contributed by atoms with E-state index in [4.69, 9.17) is 9.72 Å². The Kier molecular flexibility index (Phi) is 6.54. The van der Waals surface area contributed by atoms with Gasteiger partial charge in [-0.3, -0.25) is 0 Å². The lowest BCUT2D eigenvalue weighted by Gasteiger charge is -2.20. The molecule has 0 aliphatic carbocycles. The fourth-order valence-corrected chi connectivity index (χ4v) is 4.65. The van der Waals surface area contributed by atoms with E-state index in [1.54, 1.807) is 7.11 Å². The molecule has 168 valence electrons. The predicted octanol–water partition coefficient (Wildman–Crippen LogP) is 7.25. The maximum Gasteiger partial charge on any atom is 0.221 e. The lowest BCUT2D eigenvalue weighted by Crippen LogP contribution is -2.03. The fraction of sp³-hybridized carbons (Fsp3) is 0.103. The number of nitrogens with zero attached hydrogens (tertiary/aromatic N) is 3. The first-order chi connectivity index (χ1) is 16.7. The van der Waals surface area contributed by atoms with Gasteiger partial charge in [-0.15, -0.1) is 0 Å². The highest BCUT2D eigenvalue weighted by molar-refractivity contribution is 9.10. The van der Waals surface area contributed by atoms with E-state index in [0.717, 1.165) is 45.0 Å². The number of benzene rings is 3. The van der Waals surface area contributed by atoms with Gasteiger partial charge in [-0.1, -0.05) is 76.6 Å². The lowest BCUT2D eigenvalue weighted by molar-refractivity contribution is 0.398. The van der Waals surface area contributed by atoms with Crippen molar-refractivity contribution in [1.82, 2.24) is 14.5 Å². The van der Waals surface area contributed by atoms with Crippen LogP contribution in [-0.2, 0) is 6.54 Å². The van der Waals surface area contributed by atoms with Crippen molar-refractivity contribution in [2.45, 2.75) is 13.0 Å². The zero-order valence-corrected chi connectivity index (χ0v) is 20.4. The van der Waals surface area contributed by atoms with Gasteiger partial charge in [0.2, 0.25) is 5.88 Å². The zero-order chi connectivity index (χ0) is 23.3. The predicted molar refractivity (Wildman–Crippen MR) is 142 cm³/mol. The standard InChI is InChI=1S/C29H24BrN3O/c1-34-29-26(19-23-18-24(30)12-13-27(23)32-29)28(22-10-6-3-7-11-22)25(21-8-4-2-5-9-21)14-16-33-17-15-31-20-33/h2-13,15,17-20H,14,16H2,1H3. The summed E-state index contributed by atoms with van der Waals surface area (Å²) in [6.07, 6.45) is 6.50. The van der Waals surface area contributed by atoms with Gasteiger partial charge < -0.3 is 9.30 Å². The largest absolute Gasteiger partial charge is 0.481 e. The number of pyridine rings is 1. The maximum absolute atomic E-state index is 5.85. The highest BCUT2D eigenvalue weighted by Crippen LogP contribution is 2.39. The average molecular weight is 510 g/mol. The van der Waals surface area contributed by atoms with E-state index in [-0.39, 0.29) is 0 Å². The Morgan fingerprint density at radius 1 is 0.912 bits per heavy atom. The van der Waals surface area contributed by atoms with Crippen molar-refractivity contribution in [3.63, 3.8) is 0 Å². The number of ether oxygens (including phenoxy) is 1. The van der Waals surface area contributed by atoms with E-state index in [0.29, 0.717) is 5.88 Å². The molecule has 0 bridgehead atoms. The number of halogens is 1. The van der Waals surface area contributed by atoms with Gasteiger partial charge in [-0.25, -0.2) is 9.97 Å². The molecule has 5 rings (SSSR count). The van der Waals surface area contributed by atoms with Gasteiger partial charge >= 0.3 is 0 Å². The van der Waals surface area contributed by atoms with Crippen molar-refractivity contribution in [2.24, 2.45) is 0 Å². The SMILES string of the molecule is COc1nc2ccc(Br)cc2cc1C(=C(CCn1ccnc1)c1ccccc1)c1ccccc1. The minimum Gasteiger partial charge on any atom is -0.481 e. The fourth-order valence-electron chi connectivity index (χ4n) is 4.27. The third-order valence-corrected chi connectivity index (χ3v) is 6.36. The Balaban J connectivity index is 1.80. The smallest absolute Gasteiger partial charge is 0.221 e. The first-order valence-corrected chi connectivity index (χ1v) is 12.0. The van der Waals surface area contributed by atoms with Crippen LogP contribution in [0.2, 0.25) is 0 Å². The molecule has 0 N–H and O–H groups in total. The van der Waals surface area contributed by atoms with Gasteiger partial charge in [-0.2, -0.15) is 0 Å². The van der Waals surface area contributed by atoms with E-state index < -0.39 is 0 Å². The molecule has 2 aromatic heterocycles. The van der Waals surface area contributed by atoms with Crippen molar-refractivity contribution >= 4 is 38.0 Å². The molecule has 0 radical (unpaired) electrons. The number of allylic oxidation sites excluding steroid dienone is 1. The summed E-state index contributed by atoms with van der Waals surface area (Å²) in [5.41, 5.74) is 6.53. The second-order valence-electron chi connectivity index (χ2n) is 8.02. The Morgan fingerprint density at radius 3 is 2.32 bits per heavy atom. The number of methoxy groups -OCH3 is 1. The molecule has 2 heterocycles. The van der Waals surface area contributed by atoms with Crippen LogP contribution in [0.4, 0.5) is 0 Å². The summed E-state index contributed by atoms with van der Waals surface area (Å²) in [5, 5.41) is 1.06. The molecule has 0 aliphatic heterocycles. The second kappa shape index (κ2) is 10.1. The van der Waals surface area contributed by atoms with Gasteiger partial charge in [0.05, 0.1) is 19.0 Å². The molecule has 0 saturated heterocycles. The molecule has 0 unspecified atom stereocenters. The minimum absolute atomic E-state index is 0.615. The van der Waals surface area contributed by atoms with Crippen LogP contribution in [0.1, 0.15) is 23.1 Å². The molecule has 5 aromatic rings. The van der Waals surface area contributed by atoms with Gasteiger partial charge in [-0.05, 0) is 53.0 Å². The van der Waals surface area contributed by atoms with Crippen LogP contribution in [0.15, 0.2) is 108 Å². The Morgan fingerprint density at radius 2 is 1.65 bits per heavy atom. The Bertz CT molecular complexity index is 1430. The van der Waals surface area contributed by atoms with E-state index in [1.807, 2.05) is 36.9 Å². The Hall–Kier alpha value is -3.70. The van der Waals surface area contributed by atoms with Crippen molar-refractivity contribution in [3.05, 3.63) is 125 Å². The van der Waals surface area contributed by atoms with E-state index in [2.05, 4.69) is 92.2 Å². The van der Waals surface area contributed by atoms with Gasteiger partial charge in [0.1, 0.15) is 0 Å². The van der Waals surface area contributed by atoms with Crippen molar-refractivity contribution < 1.29 is 4.74 Å². The Labute approximate surface area is 207 Å². The molecule has 4 nitrogen and oxygen atoms in total. The molecule has 5 heteroatoms. The van der Waals surface area contributed by atoms with Crippen LogP contribution >= 0.6 is 15.9 Å². The lowest BCUT2D eigenvalue weighted by atomic mass is 9.87. The third-order valence-electron chi connectivity index (χ3n) is 5.87. The van der Waals surface area contributed by atoms with Crippen LogP contribution in [0.25, 0.3) is 22.0 Å². The molecule has 0 aliphatic rings. The maximum atomic E-state index is 5.85. The summed E-state index contributed by atoms with van der Waals surface area (Å²) in [7, 11) is 1.69. The number of aryl methyl sites for hydroxylation is 1. The summed E-state index contributed by atoms with van der Waals surface area (Å²) in [5.74, 6) is 0.615. The van der Waals surface area contributed by atoms with Crippen LogP contribution in [-0.4, -0.2) is 21.6 Å². The molecular weight excluding hydrogens is 486 g/mol. The molecule has 0 spiro atoms. The number of fused-ring (bicyclic) bond motifs is 1. The summed E-state index contributed by atoms with van der Waals surface area (Å²) < 4.78 is 8.98. The van der Waals surface area contributed by atoms with E-state index in [9.17, 15) is 0 Å². The van der Waals surface area contributed by atoms with Crippen LogP contribution in [0.5, 0.6) is 5.88 Å². The number of aromatic nitrogens is 3. The molecule has 34 heavy (non-hydrogen) atoms. The van der Waals surface area contributed by atoms with Crippen molar-refractivity contribution in [1.29, 1.82) is 0 Å². The van der Waals surface area contributed by atoms with Gasteiger partial charge in [0.15, 0.2) is 0 Å². The molecule has 0 atom stereocenters. The first kappa shape index (κ1) is 22.1. The van der Waals surface area contributed by atoms with E-state index >= 15 is 0 Å². The highest BCUT2D eigenvalue weighted by atomic mass is 79.9. The molecule has 3 aromatic carbocycles. The summed E-state index contributed by atoms with van der Waals surface area (Å²) >= 11 is 3.61. The normalized spacial score (nSPS) is 11.9. The summed E-state index contributed by atoms with van der Waals surface area (Å²) in [4.78, 5) is 9.09. The van der Waals surface area contributed by atoms with Crippen LogP contribution in [0.3, 0.4) is 0 Å². The van der Waals surface area contributed by atoms with E-state index in [1.165, 1.54) is 11.1 Å². The monoisotopic (exact) mass is 509 g/mol. The van der Waals surface area contributed by atoms with Gasteiger partial charge in [0, 0.05) is 34.4 Å². The molecular formula is C29H24BrN3O. The molecule has 0 amide bonds. The van der Waals surface area contributed by atoms with Gasteiger partial charge in [0.25, 0.3) is 0 Å². The second-order valence-corrected chi connectivity index (χ2v) is 8.93. The highest BCUT2D eigenvalue weighted by Gasteiger charge is 2.19. The van der Waals surface area contributed by atoms with Crippen LogP contribution < -0.4 is 4.74 Å². The minimum atomic E-state index is 0.615. The summed E-state index contributed by atoms with van der Waals surface area (Å²) in [6.45, 7) is 0.815. The first-order valence-electron chi connectivity index (χ1n) is 11.2. The van der Waals surface area contributed by atoms with Crippen molar-refractivity contribution in [2.75, 3.05) is 7.11 Å². The third kappa shape index (κ3) is 4.66. The topological polar surface area (TPSA) is 39.9 Å². The number of imidazole rings is 1. The number of hydrogen-bond donors (Lipinski definition) is 0. The van der Waals surface area contributed by atoms with Crippen molar-refractivity contribution in [3.8, 4) is 5.88 Å². The number of hydrogen-bond acceptors (Lipinski definition) is 3. The average Bonchev–Trinajstić information content (AvgIpc) is 3.40.